The number of benzene rings is 2. The van der Waals surface area contributed by atoms with Gasteiger partial charge in [0.25, 0.3) is 0 Å². The second-order valence-corrected chi connectivity index (χ2v) is 6.20. The van der Waals surface area contributed by atoms with Crippen LogP contribution in [0.25, 0.3) is 0 Å². The Labute approximate surface area is 146 Å². The van der Waals surface area contributed by atoms with Crippen molar-refractivity contribution in [1.82, 2.24) is 4.57 Å². The zero-order chi connectivity index (χ0) is 16.9. The first-order chi connectivity index (χ1) is 11.6. The molecule has 1 aromatic heterocycles. The number of nitrogens with one attached hydrogen (secondary N) is 1. The van der Waals surface area contributed by atoms with E-state index in [1.54, 1.807) is 6.07 Å². The van der Waals surface area contributed by atoms with Crippen molar-refractivity contribution in [3.8, 4) is 0 Å². The average Bonchev–Trinajstić information content (AvgIpc) is 3.11. The van der Waals surface area contributed by atoms with Gasteiger partial charge in [-0.05, 0) is 42.3 Å². The van der Waals surface area contributed by atoms with E-state index in [1.807, 2.05) is 78.5 Å². The van der Waals surface area contributed by atoms with Crippen LogP contribution in [0.5, 0.6) is 0 Å². The Bertz CT molecular complexity index is 813. The van der Waals surface area contributed by atoms with Gasteiger partial charge in [-0.3, -0.25) is 4.79 Å². The molecule has 0 aliphatic rings. The molecule has 0 saturated heterocycles. The van der Waals surface area contributed by atoms with Crippen LogP contribution in [0, 0.1) is 6.92 Å². The maximum Gasteiger partial charge on any atom is 0.247 e. The molecule has 0 fully saturated rings. The van der Waals surface area contributed by atoms with Crippen molar-refractivity contribution in [3.63, 3.8) is 0 Å². The smallest absolute Gasteiger partial charge is 0.247 e. The van der Waals surface area contributed by atoms with Crippen molar-refractivity contribution in [3.05, 3.63) is 89.2 Å². The fourth-order valence-electron chi connectivity index (χ4n) is 2.62. The molecule has 24 heavy (non-hydrogen) atoms. The van der Waals surface area contributed by atoms with Gasteiger partial charge in [0.1, 0.15) is 6.04 Å². The minimum absolute atomic E-state index is 0.0602. The largest absolute Gasteiger partial charge is 0.342 e. The molecule has 3 rings (SSSR count). The minimum atomic E-state index is -0.317. The molecular formula is C20H19ClN2O. The molecule has 0 radical (unpaired) electrons. The Kier molecular flexibility index (Phi) is 5.02. The van der Waals surface area contributed by atoms with Crippen LogP contribution in [0.2, 0.25) is 5.02 Å². The predicted octanol–water partition coefficient (Wildman–Crippen LogP) is 4.87. The van der Waals surface area contributed by atoms with Crippen molar-refractivity contribution in [2.45, 2.75) is 19.4 Å². The monoisotopic (exact) mass is 338 g/mol. The predicted molar refractivity (Wildman–Crippen MR) is 98.4 cm³/mol. The molecule has 122 valence electrons. The number of rotatable bonds is 5. The summed E-state index contributed by atoms with van der Waals surface area (Å²) in [6.07, 6.45) is 4.45. The van der Waals surface area contributed by atoms with Gasteiger partial charge < -0.3 is 9.88 Å². The topological polar surface area (TPSA) is 34.0 Å². The number of hydrogen-bond acceptors (Lipinski definition) is 1. The highest BCUT2D eigenvalue weighted by molar-refractivity contribution is 6.31. The van der Waals surface area contributed by atoms with E-state index in [-0.39, 0.29) is 11.9 Å². The fraction of sp³-hybridized carbons (Fsp3) is 0.150. The first kappa shape index (κ1) is 16.3. The van der Waals surface area contributed by atoms with Gasteiger partial charge in [0.2, 0.25) is 5.91 Å². The summed E-state index contributed by atoms with van der Waals surface area (Å²) in [6.45, 7) is 1.94. The standard InChI is InChI=1S/C20H19ClN2O/c1-15-9-10-17(14-18(15)21)22-20(24)19(23-11-5-6-12-23)13-16-7-3-2-4-8-16/h2-12,14,19H,13H2,1H3,(H,22,24)/t19-/m0/s1. The van der Waals surface area contributed by atoms with Crippen molar-refractivity contribution >= 4 is 23.2 Å². The summed E-state index contributed by atoms with van der Waals surface area (Å²) in [5, 5.41) is 3.62. The van der Waals surface area contributed by atoms with Crippen LogP contribution in [-0.2, 0) is 11.2 Å². The number of anilines is 1. The summed E-state index contributed by atoms with van der Waals surface area (Å²) in [5.41, 5.74) is 2.81. The lowest BCUT2D eigenvalue weighted by Crippen LogP contribution is -2.27. The third-order valence-corrected chi connectivity index (χ3v) is 4.41. The zero-order valence-electron chi connectivity index (χ0n) is 13.4. The van der Waals surface area contributed by atoms with Crippen LogP contribution in [0.3, 0.4) is 0 Å². The first-order valence-electron chi connectivity index (χ1n) is 7.87. The third kappa shape index (κ3) is 3.87. The summed E-state index contributed by atoms with van der Waals surface area (Å²) in [7, 11) is 0. The molecular weight excluding hydrogens is 320 g/mol. The molecule has 0 aliphatic heterocycles. The summed E-state index contributed by atoms with van der Waals surface area (Å²) in [5.74, 6) is -0.0602. The number of amides is 1. The minimum Gasteiger partial charge on any atom is -0.342 e. The van der Waals surface area contributed by atoms with E-state index in [4.69, 9.17) is 11.6 Å². The number of aromatic nitrogens is 1. The number of carbonyl (C=O) groups excluding carboxylic acids is 1. The Balaban J connectivity index is 1.82. The molecule has 4 heteroatoms. The number of nitrogens with zero attached hydrogens (tertiary/aromatic N) is 1. The van der Waals surface area contributed by atoms with E-state index in [0.717, 1.165) is 11.1 Å². The van der Waals surface area contributed by atoms with E-state index in [1.165, 1.54) is 0 Å². The zero-order valence-corrected chi connectivity index (χ0v) is 14.2. The summed E-state index contributed by atoms with van der Waals surface area (Å²) in [6, 6.07) is 19.1. The van der Waals surface area contributed by atoms with Gasteiger partial charge in [-0.25, -0.2) is 0 Å². The van der Waals surface area contributed by atoms with E-state index in [2.05, 4.69) is 5.32 Å². The molecule has 3 nitrogen and oxygen atoms in total. The van der Waals surface area contributed by atoms with Gasteiger partial charge in [-0.1, -0.05) is 48.0 Å². The lowest BCUT2D eigenvalue weighted by molar-refractivity contribution is -0.119. The van der Waals surface area contributed by atoms with E-state index < -0.39 is 0 Å². The highest BCUT2D eigenvalue weighted by atomic mass is 35.5. The number of hydrogen-bond donors (Lipinski definition) is 1. The van der Waals surface area contributed by atoms with Gasteiger partial charge in [0.15, 0.2) is 0 Å². The quantitative estimate of drug-likeness (QED) is 0.707. The summed E-state index contributed by atoms with van der Waals surface area (Å²) in [4.78, 5) is 12.8. The van der Waals surface area contributed by atoms with Crippen molar-refractivity contribution in [2.75, 3.05) is 5.32 Å². The van der Waals surface area contributed by atoms with Gasteiger partial charge in [-0.2, -0.15) is 0 Å². The van der Waals surface area contributed by atoms with Gasteiger partial charge in [0, 0.05) is 29.5 Å². The van der Waals surface area contributed by atoms with Crippen LogP contribution in [0.15, 0.2) is 73.1 Å². The van der Waals surface area contributed by atoms with E-state index in [0.29, 0.717) is 17.1 Å². The van der Waals surface area contributed by atoms with Crippen LogP contribution in [-0.4, -0.2) is 10.5 Å². The molecule has 0 unspecified atom stereocenters. The number of aryl methyl sites for hydroxylation is 1. The maximum atomic E-state index is 12.8. The van der Waals surface area contributed by atoms with Crippen molar-refractivity contribution < 1.29 is 4.79 Å². The highest BCUT2D eigenvalue weighted by Crippen LogP contribution is 2.22. The molecule has 1 N–H and O–H groups in total. The van der Waals surface area contributed by atoms with Crippen molar-refractivity contribution in [1.29, 1.82) is 0 Å². The Hall–Kier alpha value is -2.52. The molecule has 1 atom stereocenters. The average molecular weight is 339 g/mol. The molecule has 0 aliphatic carbocycles. The van der Waals surface area contributed by atoms with E-state index >= 15 is 0 Å². The summed E-state index contributed by atoms with van der Waals surface area (Å²) >= 11 is 6.15. The van der Waals surface area contributed by atoms with Gasteiger partial charge >= 0.3 is 0 Å². The Morgan fingerprint density at radius 1 is 1.08 bits per heavy atom. The fourth-order valence-corrected chi connectivity index (χ4v) is 2.80. The summed E-state index contributed by atoms with van der Waals surface area (Å²) < 4.78 is 1.93. The van der Waals surface area contributed by atoms with Crippen molar-refractivity contribution in [2.24, 2.45) is 0 Å². The van der Waals surface area contributed by atoms with Gasteiger partial charge in [0.05, 0.1) is 0 Å². The maximum absolute atomic E-state index is 12.8. The highest BCUT2D eigenvalue weighted by Gasteiger charge is 2.20. The lowest BCUT2D eigenvalue weighted by atomic mass is 10.0. The molecule has 1 amide bonds. The lowest BCUT2D eigenvalue weighted by Gasteiger charge is -2.19. The van der Waals surface area contributed by atoms with E-state index in [9.17, 15) is 4.79 Å². The number of carbonyl (C=O) groups is 1. The second kappa shape index (κ2) is 7.37. The van der Waals surface area contributed by atoms with Crippen LogP contribution >= 0.6 is 11.6 Å². The van der Waals surface area contributed by atoms with Crippen LogP contribution < -0.4 is 5.32 Å². The second-order valence-electron chi connectivity index (χ2n) is 5.79. The van der Waals surface area contributed by atoms with Gasteiger partial charge in [-0.15, -0.1) is 0 Å². The number of halogens is 1. The molecule has 0 spiro atoms. The van der Waals surface area contributed by atoms with Crippen LogP contribution in [0.1, 0.15) is 17.2 Å². The van der Waals surface area contributed by atoms with Crippen LogP contribution in [0.4, 0.5) is 5.69 Å². The Morgan fingerprint density at radius 3 is 2.46 bits per heavy atom. The molecule has 3 aromatic rings. The first-order valence-corrected chi connectivity index (χ1v) is 8.24. The SMILES string of the molecule is Cc1ccc(NC(=O)[C@H](Cc2ccccc2)n2cccc2)cc1Cl. The molecule has 0 saturated carbocycles. The molecule has 0 bridgehead atoms. The molecule has 2 aromatic carbocycles. The third-order valence-electron chi connectivity index (χ3n) is 4.00. The molecule has 1 heterocycles. The Morgan fingerprint density at radius 2 is 1.79 bits per heavy atom. The normalized spacial score (nSPS) is 11.9.